The Kier molecular flexibility index (Phi) is 6.14. The van der Waals surface area contributed by atoms with Crippen LogP contribution < -0.4 is 9.47 Å². The minimum atomic E-state index is -0.928. The van der Waals surface area contributed by atoms with Gasteiger partial charge >= 0.3 is 0 Å². The van der Waals surface area contributed by atoms with Gasteiger partial charge in [-0.25, -0.2) is 4.39 Å². The van der Waals surface area contributed by atoms with Crippen molar-refractivity contribution in [1.82, 2.24) is 4.98 Å². The van der Waals surface area contributed by atoms with Gasteiger partial charge in [-0.05, 0) is 60.4 Å². The number of ether oxygens (including phenoxy) is 2. The number of phenolic OH excluding ortho intramolecular Hbond substituents is 1. The Morgan fingerprint density at radius 3 is 2.11 bits per heavy atom. The first kappa shape index (κ1) is 23.5. The SMILES string of the molecule is COc1cc2nccc(Oc3ccc(CC(=O)C4(C(=O)Cc5ccc(F)cc5)CC4)cc3)c2cc1O. The predicted molar refractivity (Wildman–Crippen MR) is 132 cm³/mol. The Balaban J connectivity index is 1.26. The number of halogens is 1. The Morgan fingerprint density at radius 1 is 0.917 bits per heavy atom. The van der Waals surface area contributed by atoms with Crippen molar-refractivity contribution >= 4 is 22.5 Å². The van der Waals surface area contributed by atoms with E-state index in [0.717, 1.165) is 5.56 Å². The topological polar surface area (TPSA) is 85.7 Å². The number of carbonyl (C=O) groups is 2. The van der Waals surface area contributed by atoms with E-state index in [-0.39, 0.29) is 36.0 Å². The largest absolute Gasteiger partial charge is 0.504 e. The number of hydrogen-bond acceptors (Lipinski definition) is 6. The number of aromatic hydroxyl groups is 1. The molecule has 0 saturated heterocycles. The summed E-state index contributed by atoms with van der Waals surface area (Å²) >= 11 is 0. The van der Waals surface area contributed by atoms with Crippen LogP contribution in [0.1, 0.15) is 24.0 Å². The first-order valence-corrected chi connectivity index (χ1v) is 11.6. The highest BCUT2D eigenvalue weighted by molar-refractivity contribution is 6.10. The smallest absolute Gasteiger partial charge is 0.162 e. The molecule has 0 bridgehead atoms. The number of nitrogens with zero attached hydrogens (tertiary/aromatic N) is 1. The van der Waals surface area contributed by atoms with Gasteiger partial charge in [-0.3, -0.25) is 14.6 Å². The van der Waals surface area contributed by atoms with E-state index >= 15 is 0 Å². The Hall–Kier alpha value is -4.26. The van der Waals surface area contributed by atoms with Crippen LogP contribution in [0.25, 0.3) is 10.9 Å². The van der Waals surface area contributed by atoms with Crippen molar-refractivity contribution in [3.8, 4) is 23.0 Å². The third kappa shape index (κ3) is 4.64. The van der Waals surface area contributed by atoms with E-state index in [1.54, 1.807) is 60.8 Å². The predicted octanol–water partition coefficient (Wildman–Crippen LogP) is 5.58. The van der Waals surface area contributed by atoms with Crippen LogP contribution in [0.3, 0.4) is 0 Å². The fourth-order valence-electron chi connectivity index (χ4n) is 4.34. The molecule has 3 aromatic carbocycles. The average molecular weight is 486 g/mol. The number of carbonyl (C=O) groups excluding carboxylic acids is 2. The quantitative estimate of drug-likeness (QED) is 0.311. The molecule has 1 aromatic heterocycles. The Labute approximate surface area is 207 Å². The molecule has 6 nitrogen and oxygen atoms in total. The lowest BCUT2D eigenvalue weighted by atomic mass is 9.88. The number of pyridine rings is 1. The van der Waals surface area contributed by atoms with E-state index in [1.807, 2.05) is 0 Å². The standard InChI is InChI=1S/C29H24FNO5/c1-35-26-17-23-22(16-24(26)32)25(10-13-31-23)36-21-8-4-19(5-9-21)15-28(34)29(11-12-29)27(33)14-18-2-6-20(30)7-3-18/h2-10,13,16-17,32H,11-12,14-15H2,1H3. The highest BCUT2D eigenvalue weighted by Gasteiger charge is 2.54. The van der Waals surface area contributed by atoms with Crippen molar-refractivity contribution in [2.45, 2.75) is 25.7 Å². The van der Waals surface area contributed by atoms with Crippen LogP contribution in [0, 0.1) is 11.2 Å². The summed E-state index contributed by atoms with van der Waals surface area (Å²) in [6.45, 7) is 0. The first-order chi connectivity index (χ1) is 17.4. The lowest BCUT2D eigenvalue weighted by Gasteiger charge is -2.14. The molecular weight excluding hydrogens is 461 g/mol. The molecule has 0 spiro atoms. The van der Waals surface area contributed by atoms with E-state index in [2.05, 4.69) is 4.98 Å². The van der Waals surface area contributed by atoms with Gasteiger partial charge in [0.25, 0.3) is 0 Å². The van der Waals surface area contributed by atoms with Gasteiger partial charge in [0.2, 0.25) is 0 Å². The summed E-state index contributed by atoms with van der Waals surface area (Å²) in [7, 11) is 1.47. The number of benzene rings is 3. The summed E-state index contributed by atoms with van der Waals surface area (Å²) in [5.74, 6) is 0.834. The maximum absolute atomic E-state index is 13.1. The fourth-order valence-corrected chi connectivity index (χ4v) is 4.34. The summed E-state index contributed by atoms with van der Waals surface area (Å²) in [5, 5.41) is 10.8. The zero-order valence-corrected chi connectivity index (χ0v) is 19.7. The zero-order chi connectivity index (χ0) is 25.3. The molecule has 5 rings (SSSR count). The lowest BCUT2D eigenvalue weighted by molar-refractivity contribution is -0.133. The van der Waals surface area contributed by atoms with Crippen LogP contribution >= 0.6 is 0 Å². The third-order valence-corrected chi connectivity index (χ3v) is 6.61. The molecule has 0 unspecified atom stereocenters. The van der Waals surface area contributed by atoms with Crippen LogP contribution in [0.15, 0.2) is 72.9 Å². The van der Waals surface area contributed by atoms with Gasteiger partial charge in [0.15, 0.2) is 23.1 Å². The molecule has 4 aromatic rings. The number of phenols is 1. The number of Topliss-reactive ketones (excluding diaryl/α,β-unsaturated/α-hetero) is 2. The minimum Gasteiger partial charge on any atom is -0.504 e. The van der Waals surface area contributed by atoms with Crippen molar-refractivity contribution in [1.29, 1.82) is 0 Å². The monoisotopic (exact) mass is 485 g/mol. The molecule has 1 aliphatic rings. The minimum absolute atomic E-state index is 0.0142. The van der Waals surface area contributed by atoms with Gasteiger partial charge in [0.1, 0.15) is 17.3 Å². The molecule has 1 N–H and O–H groups in total. The van der Waals surface area contributed by atoms with Crippen molar-refractivity contribution < 1.29 is 28.6 Å². The highest BCUT2D eigenvalue weighted by Crippen LogP contribution is 2.49. The number of rotatable bonds is 9. The number of hydrogen-bond donors (Lipinski definition) is 1. The van der Waals surface area contributed by atoms with Crippen molar-refractivity contribution in [3.63, 3.8) is 0 Å². The van der Waals surface area contributed by atoms with Gasteiger partial charge in [0.05, 0.1) is 18.0 Å². The first-order valence-electron chi connectivity index (χ1n) is 11.6. The average Bonchev–Trinajstić information content (AvgIpc) is 3.69. The molecule has 1 fully saturated rings. The second kappa shape index (κ2) is 9.41. The van der Waals surface area contributed by atoms with Gasteiger partial charge < -0.3 is 14.6 Å². The second-order valence-electron chi connectivity index (χ2n) is 9.00. The fraction of sp³-hybridized carbons (Fsp3) is 0.207. The number of aromatic nitrogens is 1. The van der Waals surface area contributed by atoms with E-state index in [0.29, 0.717) is 46.6 Å². The maximum Gasteiger partial charge on any atom is 0.162 e. The summed E-state index contributed by atoms with van der Waals surface area (Å²) in [6, 6.07) is 17.8. The molecule has 1 heterocycles. The third-order valence-electron chi connectivity index (χ3n) is 6.61. The molecule has 0 aliphatic heterocycles. The molecule has 0 radical (unpaired) electrons. The van der Waals surface area contributed by atoms with Crippen molar-refractivity contribution in [2.24, 2.45) is 5.41 Å². The van der Waals surface area contributed by atoms with Gasteiger partial charge in [0, 0.05) is 30.5 Å². The maximum atomic E-state index is 13.1. The van der Waals surface area contributed by atoms with E-state index in [9.17, 15) is 19.1 Å². The Bertz CT molecular complexity index is 1440. The van der Waals surface area contributed by atoms with Crippen LogP contribution in [0.4, 0.5) is 4.39 Å². The molecule has 7 heteroatoms. The number of ketones is 2. The normalized spacial score (nSPS) is 13.8. The molecular formula is C29H24FNO5. The Morgan fingerprint density at radius 2 is 1.53 bits per heavy atom. The van der Waals surface area contributed by atoms with E-state index in [4.69, 9.17) is 9.47 Å². The molecule has 0 amide bonds. The second-order valence-corrected chi connectivity index (χ2v) is 9.00. The van der Waals surface area contributed by atoms with Crippen LogP contribution in [0.2, 0.25) is 0 Å². The molecule has 182 valence electrons. The molecule has 36 heavy (non-hydrogen) atoms. The van der Waals surface area contributed by atoms with E-state index in [1.165, 1.54) is 19.2 Å². The van der Waals surface area contributed by atoms with E-state index < -0.39 is 5.41 Å². The number of methoxy groups -OCH3 is 1. The molecule has 1 saturated carbocycles. The molecule has 0 atom stereocenters. The van der Waals surface area contributed by atoms with Gasteiger partial charge in [-0.15, -0.1) is 0 Å². The molecule has 1 aliphatic carbocycles. The van der Waals surface area contributed by atoms with Crippen LogP contribution in [-0.4, -0.2) is 28.8 Å². The summed E-state index contributed by atoms with van der Waals surface area (Å²) in [5.41, 5.74) is 1.18. The van der Waals surface area contributed by atoms with Crippen molar-refractivity contribution in [3.05, 3.63) is 89.9 Å². The zero-order valence-electron chi connectivity index (χ0n) is 19.7. The summed E-state index contributed by atoms with van der Waals surface area (Å²) in [6.07, 6.45) is 3.00. The van der Waals surface area contributed by atoms with Crippen molar-refractivity contribution in [2.75, 3.05) is 7.11 Å². The summed E-state index contributed by atoms with van der Waals surface area (Å²) in [4.78, 5) is 30.2. The highest BCUT2D eigenvalue weighted by atomic mass is 19.1. The van der Waals surface area contributed by atoms with Gasteiger partial charge in [-0.1, -0.05) is 24.3 Å². The van der Waals surface area contributed by atoms with Crippen LogP contribution in [-0.2, 0) is 22.4 Å². The lowest BCUT2D eigenvalue weighted by Crippen LogP contribution is -2.28. The van der Waals surface area contributed by atoms with Crippen LogP contribution in [0.5, 0.6) is 23.0 Å². The van der Waals surface area contributed by atoms with Gasteiger partial charge in [-0.2, -0.15) is 0 Å². The summed E-state index contributed by atoms with van der Waals surface area (Å²) < 4.78 is 24.3. The number of fused-ring (bicyclic) bond motifs is 1.